The quantitative estimate of drug-likeness (QED) is 0.853. The molecule has 2 rings (SSSR count). The lowest BCUT2D eigenvalue weighted by molar-refractivity contribution is 0.0602. The molecular formula is C13H12FN3O2. The number of esters is 1. The fourth-order valence-electron chi connectivity index (χ4n) is 1.56. The zero-order valence-electron chi connectivity index (χ0n) is 10.3. The van der Waals surface area contributed by atoms with Gasteiger partial charge < -0.3 is 10.1 Å². The summed E-state index contributed by atoms with van der Waals surface area (Å²) in [7, 11) is 1.28. The summed E-state index contributed by atoms with van der Waals surface area (Å²) in [5, 5.41) is 2.95. The van der Waals surface area contributed by atoms with Crippen LogP contribution in [-0.4, -0.2) is 23.0 Å². The lowest BCUT2D eigenvalue weighted by atomic mass is 10.1. The Balaban J connectivity index is 2.19. The molecule has 0 saturated heterocycles. The van der Waals surface area contributed by atoms with Gasteiger partial charge in [-0.05, 0) is 24.3 Å². The lowest BCUT2D eigenvalue weighted by Crippen LogP contribution is -2.09. The average Bonchev–Trinajstić information content (AvgIpc) is 2.45. The van der Waals surface area contributed by atoms with E-state index in [-0.39, 0.29) is 5.56 Å². The largest absolute Gasteiger partial charge is 0.465 e. The van der Waals surface area contributed by atoms with E-state index in [9.17, 15) is 9.18 Å². The molecule has 1 N–H and O–H groups in total. The number of hydrogen-bond acceptors (Lipinski definition) is 5. The van der Waals surface area contributed by atoms with Gasteiger partial charge in [-0.3, -0.25) is 0 Å². The predicted octanol–water partition coefficient (Wildman–Crippen LogP) is 2.01. The summed E-state index contributed by atoms with van der Waals surface area (Å²) in [4.78, 5) is 19.4. The first-order valence-corrected chi connectivity index (χ1v) is 5.57. The molecule has 19 heavy (non-hydrogen) atoms. The van der Waals surface area contributed by atoms with Crippen molar-refractivity contribution in [3.05, 3.63) is 53.9 Å². The van der Waals surface area contributed by atoms with Crippen LogP contribution in [0.5, 0.6) is 0 Å². The number of carbonyl (C=O) groups excluding carboxylic acids is 1. The molecule has 0 bridgehead atoms. The molecule has 0 atom stereocenters. The monoisotopic (exact) mass is 261 g/mol. The summed E-state index contributed by atoms with van der Waals surface area (Å²) in [6.45, 7) is 0.357. The van der Waals surface area contributed by atoms with Gasteiger partial charge in [0.2, 0.25) is 0 Å². The molecular weight excluding hydrogens is 249 g/mol. The Morgan fingerprint density at radius 2 is 2.26 bits per heavy atom. The molecule has 1 aromatic carbocycles. The van der Waals surface area contributed by atoms with Gasteiger partial charge in [-0.2, -0.15) is 0 Å². The van der Waals surface area contributed by atoms with Crippen molar-refractivity contribution in [1.82, 2.24) is 9.97 Å². The Morgan fingerprint density at radius 1 is 1.42 bits per heavy atom. The van der Waals surface area contributed by atoms with Crippen LogP contribution in [0.1, 0.15) is 16.1 Å². The molecule has 0 unspecified atom stereocenters. The van der Waals surface area contributed by atoms with Crippen molar-refractivity contribution in [2.75, 3.05) is 12.4 Å². The molecule has 0 fully saturated rings. The molecule has 98 valence electrons. The third-order valence-corrected chi connectivity index (χ3v) is 2.49. The number of aromatic nitrogens is 2. The van der Waals surface area contributed by atoms with Crippen LogP contribution < -0.4 is 5.32 Å². The summed E-state index contributed by atoms with van der Waals surface area (Å²) in [6, 6.07) is 5.56. The van der Waals surface area contributed by atoms with Gasteiger partial charge in [0.15, 0.2) is 0 Å². The highest BCUT2D eigenvalue weighted by Crippen LogP contribution is 2.18. The van der Waals surface area contributed by atoms with E-state index >= 15 is 0 Å². The second-order valence-corrected chi connectivity index (χ2v) is 3.74. The third-order valence-electron chi connectivity index (χ3n) is 2.49. The van der Waals surface area contributed by atoms with E-state index in [0.29, 0.717) is 12.2 Å². The van der Waals surface area contributed by atoms with E-state index in [1.165, 1.54) is 31.6 Å². The van der Waals surface area contributed by atoms with Gasteiger partial charge in [-0.1, -0.05) is 0 Å². The van der Waals surface area contributed by atoms with Gasteiger partial charge in [0, 0.05) is 6.20 Å². The van der Waals surface area contributed by atoms with Gasteiger partial charge in [0.1, 0.15) is 12.1 Å². The molecule has 1 heterocycles. The van der Waals surface area contributed by atoms with Crippen LogP contribution in [0.25, 0.3) is 0 Å². The minimum Gasteiger partial charge on any atom is -0.465 e. The van der Waals surface area contributed by atoms with Gasteiger partial charge >= 0.3 is 5.97 Å². The van der Waals surface area contributed by atoms with Crippen molar-refractivity contribution in [3.63, 3.8) is 0 Å². The molecule has 0 radical (unpaired) electrons. The minimum atomic E-state index is -0.523. The Bertz CT molecular complexity index is 575. The zero-order chi connectivity index (χ0) is 13.7. The number of anilines is 1. The number of carbonyl (C=O) groups is 1. The van der Waals surface area contributed by atoms with Crippen LogP contribution in [0.3, 0.4) is 0 Å². The van der Waals surface area contributed by atoms with Crippen molar-refractivity contribution in [3.8, 4) is 0 Å². The molecule has 2 aromatic rings. The number of benzene rings is 1. The molecule has 0 saturated carbocycles. The van der Waals surface area contributed by atoms with E-state index in [1.54, 1.807) is 12.3 Å². The fraction of sp³-hybridized carbons (Fsp3) is 0.154. The minimum absolute atomic E-state index is 0.276. The number of ether oxygens (including phenoxy) is 1. The Morgan fingerprint density at radius 3 is 2.95 bits per heavy atom. The van der Waals surface area contributed by atoms with Crippen LogP contribution in [0.15, 0.2) is 36.8 Å². The topological polar surface area (TPSA) is 64.1 Å². The molecule has 5 nitrogen and oxygen atoms in total. The van der Waals surface area contributed by atoms with Crippen LogP contribution >= 0.6 is 0 Å². The first-order valence-electron chi connectivity index (χ1n) is 5.57. The van der Waals surface area contributed by atoms with Gasteiger partial charge in [0.05, 0.1) is 30.6 Å². The molecule has 0 amide bonds. The number of halogens is 1. The van der Waals surface area contributed by atoms with Crippen LogP contribution in [0, 0.1) is 5.82 Å². The summed E-state index contributed by atoms with van der Waals surface area (Å²) in [5.41, 5.74) is 1.37. The summed E-state index contributed by atoms with van der Waals surface area (Å²) in [5.74, 6) is -0.956. The highest BCUT2D eigenvalue weighted by Gasteiger charge is 2.12. The van der Waals surface area contributed by atoms with Crippen LogP contribution in [0.2, 0.25) is 0 Å². The first-order chi connectivity index (χ1) is 9.20. The highest BCUT2D eigenvalue weighted by atomic mass is 19.1. The highest BCUT2D eigenvalue weighted by molar-refractivity contribution is 5.95. The van der Waals surface area contributed by atoms with Gasteiger partial charge in [-0.25, -0.2) is 19.2 Å². The van der Waals surface area contributed by atoms with E-state index in [0.717, 1.165) is 5.69 Å². The van der Waals surface area contributed by atoms with E-state index in [1.807, 2.05) is 0 Å². The Kier molecular flexibility index (Phi) is 4.02. The summed E-state index contributed by atoms with van der Waals surface area (Å²) >= 11 is 0. The Labute approximate surface area is 109 Å². The van der Waals surface area contributed by atoms with Crippen molar-refractivity contribution >= 4 is 11.7 Å². The maximum atomic E-state index is 13.2. The number of nitrogens with zero attached hydrogens (tertiary/aromatic N) is 2. The maximum absolute atomic E-state index is 13.2. The van der Waals surface area contributed by atoms with E-state index in [4.69, 9.17) is 0 Å². The van der Waals surface area contributed by atoms with Crippen LogP contribution in [-0.2, 0) is 11.3 Å². The van der Waals surface area contributed by atoms with Gasteiger partial charge in [-0.15, -0.1) is 0 Å². The van der Waals surface area contributed by atoms with Crippen molar-refractivity contribution in [2.24, 2.45) is 0 Å². The van der Waals surface area contributed by atoms with Crippen LogP contribution in [0.4, 0.5) is 10.1 Å². The molecule has 0 aliphatic rings. The summed E-state index contributed by atoms with van der Waals surface area (Å²) in [6.07, 6.45) is 3.03. The molecule has 0 aliphatic heterocycles. The van der Waals surface area contributed by atoms with Crippen molar-refractivity contribution in [1.29, 1.82) is 0 Å². The second-order valence-electron chi connectivity index (χ2n) is 3.74. The normalized spacial score (nSPS) is 10.0. The maximum Gasteiger partial charge on any atom is 0.339 e. The SMILES string of the molecule is COC(=O)c1ccc(F)cc1NCc1ccncn1. The smallest absolute Gasteiger partial charge is 0.339 e. The number of methoxy groups -OCH3 is 1. The van der Waals surface area contributed by atoms with E-state index < -0.39 is 11.8 Å². The Hall–Kier alpha value is -2.50. The number of nitrogens with one attached hydrogen (secondary N) is 1. The second kappa shape index (κ2) is 5.90. The lowest BCUT2D eigenvalue weighted by Gasteiger charge is -2.10. The van der Waals surface area contributed by atoms with E-state index in [2.05, 4.69) is 20.0 Å². The average molecular weight is 261 g/mol. The molecule has 6 heteroatoms. The predicted molar refractivity (Wildman–Crippen MR) is 67.1 cm³/mol. The first kappa shape index (κ1) is 12.9. The zero-order valence-corrected chi connectivity index (χ0v) is 10.3. The van der Waals surface area contributed by atoms with Crippen molar-refractivity contribution < 1.29 is 13.9 Å². The van der Waals surface area contributed by atoms with Gasteiger partial charge in [0.25, 0.3) is 0 Å². The number of rotatable bonds is 4. The summed E-state index contributed by atoms with van der Waals surface area (Å²) < 4.78 is 17.9. The molecule has 0 spiro atoms. The van der Waals surface area contributed by atoms with Crippen molar-refractivity contribution in [2.45, 2.75) is 6.54 Å². The standard InChI is InChI=1S/C13H12FN3O2/c1-19-13(18)11-3-2-9(14)6-12(11)16-7-10-4-5-15-8-17-10/h2-6,8,16H,7H2,1H3. The molecule has 1 aromatic heterocycles. The fourth-order valence-corrected chi connectivity index (χ4v) is 1.56. The molecule has 0 aliphatic carbocycles. The third kappa shape index (κ3) is 3.25. The number of hydrogen-bond donors (Lipinski definition) is 1.